The number of carbonyl (C=O) groups excluding carboxylic acids is 1. The highest BCUT2D eigenvalue weighted by molar-refractivity contribution is 8.12. The third-order valence-electron chi connectivity index (χ3n) is 1.47. The first-order valence-corrected chi connectivity index (χ1v) is 4.78. The van der Waals surface area contributed by atoms with Crippen molar-refractivity contribution in [2.45, 2.75) is 12.7 Å². The van der Waals surface area contributed by atoms with E-state index in [2.05, 4.69) is 4.98 Å². The topological polar surface area (TPSA) is 45.2 Å². The minimum atomic E-state index is 0.0892. The molecule has 0 saturated carbocycles. The maximum atomic E-state index is 10.7. The summed E-state index contributed by atoms with van der Waals surface area (Å²) in [4.78, 5) is 13.7. The van der Waals surface area contributed by atoms with E-state index in [9.17, 15) is 4.79 Å². The van der Waals surface area contributed by atoms with Crippen molar-refractivity contribution in [1.29, 1.82) is 5.39 Å². The molecule has 0 aromatic heterocycles. The SMILES string of the molecule is CC(=O)SCc1cccc([N+]#N)c1. The Bertz CT molecular complexity index is 357. The highest BCUT2D eigenvalue weighted by Crippen LogP contribution is 2.18. The normalized spacial score (nSPS) is 9.23. The number of carbonyl (C=O) groups is 1. The van der Waals surface area contributed by atoms with Crippen molar-refractivity contribution < 1.29 is 4.79 Å². The van der Waals surface area contributed by atoms with Gasteiger partial charge in [-0.15, -0.1) is 0 Å². The van der Waals surface area contributed by atoms with Crippen molar-refractivity contribution in [3.8, 4) is 0 Å². The van der Waals surface area contributed by atoms with Gasteiger partial charge in [0, 0.05) is 24.8 Å². The molecule has 0 atom stereocenters. The molecule has 0 heterocycles. The van der Waals surface area contributed by atoms with E-state index in [0.717, 1.165) is 5.56 Å². The molecule has 0 fully saturated rings. The molecule has 0 aliphatic rings. The fourth-order valence-electron chi connectivity index (χ4n) is 0.893. The Labute approximate surface area is 80.8 Å². The van der Waals surface area contributed by atoms with Crippen LogP contribution in [0.1, 0.15) is 12.5 Å². The Kier molecular flexibility index (Phi) is 3.47. The van der Waals surface area contributed by atoms with Crippen LogP contribution in [0.3, 0.4) is 0 Å². The monoisotopic (exact) mass is 193 g/mol. The summed E-state index contributed by atoms with van der Waals surface area (Å²) in [7, 11) is 0. The lowest BCUT2D eigenvalue weighted by Gasteiger charge is -1.94. The Morgan fingerprint density at radius 2 is 2.38 bits per heavy atom. The molecule has 1 rings (SSSR count). The standard InChI is InChI=1S/C9H9N2OS/c1-7(12)13-6-8-3-2-4-9(5-8)11-10/h2-5H,6H2,1H3/q+1. The Balaban J connectivity index is 2.68. The molecule has 13 heavy (non-hydrogen) atoms. The van der Waals surface area contributed by atoms with Crippen LogP contribution in [0.5, 0.6) is 0 Å². The lowest BCUT2D eigenvalue weighted by Crippen LogP contribution is -1.84. The van der Waals surface area contributed by atoms with Gasteiger partial charge < -0.3 is 0 Å². The molecule has 0 bridgehead atoms. The fraction of sp³-hybridized carbons (Fsp3) is 0.222. The number of hydrogen-bond acceptors (Lipinski definition) is 3. The highest BCUT2D eigenvalue weighted by atomic mass is 32.2. The van der Waals surface area contributed by atoms with Crippen LogP contribution < -0.4 is 0 Å². The average molecular weight is 193 g/mol. The van der Waals surface area contributed by atoms with Crippen LogP contribution in [0.2, 0.25) is 0 Å². The second kappa shape index (κ2) is 4.63. The number of benzene rings is 1. The molecule has 1 aromatic rings. The third-order valence-corrected chi connectivity index (χ3v) is 2.35. The van der Waals surface area contributed by atoms with Gasteiger partial charge in [0.15, 0.2) is 10.1 Å². The van der Waals surface area contributed by atoms with Crippen molar-refractivity contribution in [2.24, 2.45) is 0 Å². The summed E-state index contributed by atoms with van der Waals surface area (Å²) in [6.45, 7) is 1.53. The molecule has 4 heteroatoms. The number of nitrogens with zero attached hydrogens (tertiary/aromatic N) is 2. The van der Waals surface area contributed by atoms with Crippen molar-refractivity contribution in [2.75, 3.05) is 0 Å². The number of thioether (sulfide) groups is 1. The van der Waals surface area contributed by atoms with Gasteiger partial charge in [-0.05, 0) is 5.56 Å². The summed E-state index contributed by atoms with van der Waals surface area (Å²) in [5.74, 6) is 0.624. The molecule has 0 spiro atoms. The second-order valence-electron chi connectivity index (χ2n) is 2.55. The van der Waals surface area contributed by atoms with Gasteiger partial charge in [-0.25, -0.2) is 0 Å². The van der Waals surface area contributed by atoms with E-state index >= 15 is 0 Å². The summed E-state index contributed by atoms with van der Waals surface area (Å²) >= 11 is 1.24. The second-order valence-corrected chi connectivity index (χ2v) is 3.70. The molecule has 0 amide bonds. The average Bonchev–Trinajstić information content (AvgIpc) is 2.15. The van der Waals surface area contributed by atoms with Crippen LogP contribution >= 0.6 is 11.8 Å². The van der Waals surface area contributed by atoms with Crippen molar-refractivity contribution in [1.82, 2.24) is 0 Å². The van der Waals surface area contributed by atoms with Gasteiger partial charge in [-0.1, -0.05) is 23.9 Å². The van der Waals surface area contributed by atoms with Gasteiger partial charge in [0.1, 0.15) is 0 Å². The van der Waals surface area contributed by atoms with Crippen LogP contribution in [-0.2, 0) is 10.5 Å². The van der Waals surface area contributed by atoms with E-state index in [1.165, 1.54) is 18.7 Å². The van der Waals surface area contributed by atoms with Crippen molar-refractivity contribution >= 4 is 22.6 Å². The lowest BCUT2D eigenvalue weighted by atomic mass is 10.2. The minimum Gasteiger partial charge on any atom is -0.288 e. The molecule has 0 radical (unpaired) electrons. The highest BCUT2D eigenvalue weighted by Gasteiger charge is 2.05. The molecule has 1 aromatic carbocycles. The molecule has 0 unspecified atom stereocenters. The smallest absolute Gasteiger partial charge is 0.288 e. The Hall–Kier alpha value is -1.34. The largest absolute Gasteiger partial charge is 0.385 e. The van der Waals surface area contributed by atoms with Gasteiger partial charge in [0.05, 0.1) is 0 Å². The summed E-state index contributed by atoms with van der Waals surface area (Å²) in [6, 6.07) is 7.13. The number of hydrogen-bond donors (Lipinski definition) is 0. The van der Waals surface area contributed by atoms with Gasteiger partial charge in [0.2, 0.25) is 5.39 Å². The molecular formula is C9H9N2OS+. The summed E-state index contributed by atoms with van der Waals surface area (Å²) in [5, 5.41) is 8.58. The molecule has 0 saturated heterocycles. The molecule has 66 valence electrons. The zero-order valence-corrected chi connectivity index (χ0v) is 8.04. The maximum absolute atomic E-state index is 10.7. The van der Waals surface area contributed by atoms with E-state index in [-0.39, 0.29) is 5.12 Å². The van der Waals surface area contributed by atoms with E-state index in [1.807, 2.05) is 6.07 Å². The molecule has 3 nitrogen and oxygen atoms in total. The predicted molar refractivity (Wildman–Crippen MR) is 53.2 cm³/mol. The minimum absolute atomic E-state index is 0.0892. The molecule has 0 aliphatic heterocycles. The van der Waals surface area contributed by atoms with E-state index in [4.69, 9.17) is 5.39 Å². The van der Waals surface area contributed by atoms with Crippen molar-refractivity contribution in [3.05, 3.63) is 34.8 Å². The van der Waals surface area contributed by atoms with Gasteiger partial charge >= 0.3 is 5.69 Å². The van der Waals surface area contributed by atoms with Gasteiger partial charge in [-0.3, -0.25) is 4.79 Å². The van der Waals surface area contributed by atoms with E-state index in [0.29, 0.717) is 11.4 Å². The first-order chi connectivity index (χ1) is 6.22. The zero-order chi connectivity index (χ0) is 9.68. The van der Waals surface area contributed by atoms with Crippen LogP contribution in [0, 0.1) is 5.39 Å². The van der Waals surface area contributed by atoms with E-state index in [1.54, 1.807) is 18.2 Å². The maximum Gasteiger partial charge on any atom is 0.385 e. The van der Waals surface area contributed by atoms with Gasteiger partial charge in [-0.2, -0.15) is 0 Å². The van der Waals surface area contributed by atoms with Crippen LogP contribution in [0.25, 0.3) is 4.98 Å². The van der Waals surface area contributed by atoms with Crippen LogP contribution in [0.4, 0.5) is 5.69 Å². The molecule has 0 aliphatic carbocycles. The Morgan fingerprint density at radius 1 is 1.62 bits per heavy atom. The molecule has 0 N–H and O–H groups in total. The first-order valence-electron chi connectivity index (χ1n) is 3.80. The van der Waals surface area contributed by atoms with Crippen LogP contribution in [-0.4, -0.2) is 5.12 Å². The molecular weight excluding hydrogens is 184 g/mol. The summed E-state index contributed by atoms with van der Waals surface area (Å²) in [6.07, 6.45) is 0. The number of rotatable bonds is 2. The van der Waals surface area contributed by atoms with Gasteiger partial charge in [0.25, 0.3) is 0 Å². The Morgan fingerprint density at radius 3 is 3.00 bits per heavy atom. The lowest BCUT2D eigenvalue weighted by molar-refractivity contribution is -0.109. The number of diazo groups is 1. The third kappa shape index (κ3) is 3.26. The summed E-state index contributed by atoms with van der Waals surface area (Å²) in [5.41, 5.74) is 1.50. The van der Waals surface area contributed by atoms with Crippen LogP contribution in [0.15, 0.2) is 24.3 Å². The van der Waals surface area contributed by atoms with Crippen molar-refractivity contribution in [3.63, 3.8) is 0 Å². The first kappa shape index (κ1) is 9.75. The summed E-state index contributed by atoms with van der Waals surface area (Å²) < 4.78 is 0. The quantitative estimate of drug-likeness (QED) is 0.678. The predicted octanol–water partition coefficient (Wildman–Crippen LogP) is 2.95. The van der Waals surface area contributed by atoms with E-state index < -0.39 is 0 Å². The fourth-order valence-corrected chi connectivity index (χ4v) is 1.44. The zero-order valence-electron chi connectivity index (χ0n) is 7.23.